The van der Waals surface area contributed by atoms with E-state index in [-0.39, 0.29) is 11.7 Å². The number of thioether (sulfide) groups is 1. The molecule has 0 aromatic heterocycles. The number of hydrazone groups is 1. The first-order valence-corrected chi connectivity index (χ1v) is 13.0. The van der Waals surface area contributed by atoms with Crippen molar-refractivity contribution in [1.82, 2.24) is 5.43 Å². The molecule has 0 aliphatic heterocycles. The van der Waals surface area contributed by atoms with E-state index < -0.39 is 0 Å². The number of amides is 1. The summed E-state index contributed by atoms with van der Waals surface area (Å²) in [7, 11) is 1.56. The fraction of sp³-hybridized carbons (Fsp3) is 0.167. The van der Waals surface area contributed by atoms with Gasteiger partial charge in [-0.25, -0.2) is 5.43 Å². The molecule has 0 bridgehead atoms. The Kier molecular flexibility index (Phi) is 10.4. The molecule has 0 unspecified atom stereocenters. The molecular formula is C24H20BrCl3N2O3S. The summed E-state index contributed by atoms with van der Waals surface area (Å²) < 4.78 is 12.1. The maximum absolute atomic E-state index is 12.1. The van der Waals surface area contributed by atoms with Crippen LogP contribution in [-0.4, -0.2) is 25.0 Å². The van der Waals surface area contributed by atoms with Crippen molar-refractivity contribution >= 4 is 74.6 Å². The lowest BCUT2D eigenvalue weighted by Gasteiger charge is -2.13. The number of rotatable bonds is 10. The van der Waals surface area contributed by atoms with Crippen LogP contribution in [0.4, 0.5) is 0 Å². The topological polar surface area (TPSA) is 59.9 Å². The first kappa shape index (κ1) is 26.7. The third kappa shape index (κ3) is 7.82. The van der Waals surface area contributed by atoms with E-state index in [1.165, 1.54) is 18.0 Å². The highest BCUT2D eigenvalue weighted by molar-refractivity contribution is 9.10. The zero-order chi connectivity index (χ0) is 24.5. The van der Waals surface area contributed by atoms with Gasteiger partial charge in [-0.1, -0.05) is 53.0 Å². The average Bonchev–Trinajstić information content (AvgIpc) is 2.81. The highest BCUT2D eigenvalue weighted by Crippen LogP contribution is 2.37. The standard InChI is InChI=1S/C24H20BrCl3N2O3S/c1-32-22-10-16(9-19(25)24(22)33-12-15-5-7-17(26)8-6-15)11-29-30-23(31)14-34-13-18-20(27)3-2-4-21(18)28/h2-11H,12-14H2,1H3,(H,30,31)/b29-11-. The molecule has 5 nitrogen and oxygen atoms in total. The second-order valence-corrected chi connectivity index (χ2v) is 10.0. The molecule has 0 spiro atoms. The fourth-order valence-electron chi connectivity index (χ4n) is 2.82. The molecule has 0 aliphatic rings. The first-order chi connectivity index (χ1) is 16.4. The van der Waals surface area contributed by atoms with Gasteiger partial charge < -0.3 is 9.47 Å². The van der Waals surface area contributed by atoms with Crippen LogP contribution in [0.3, 0.4) is 0 Å². The summed E-state index contributed by atoms with van der Waals surface area (Å²) in [5.74, 6) is 1.59. The first-order valence-electron chi connectivity index (χ1n) is 9.94. The number of nitrogens with zero attached hydrogens (tertiary/aromatic N) is 1. The van der Waals surface area contributed by atoms with Crippen molar-refractivity contribution in [2.75, 3.05) is 12.9 Å². The zero-order valence-electron chi connectivity index (χ0n) is 18.0. The molecular weight excluding hydrogens is 583 g/mol. The van der Waals surface area contributed by atoms with Crippen LogP contribution < -0.4 is 14.9 Å². The quantitative estimate of drug-likeness (QED) is 0.194. The van der Waals surface area contributed by atoms with Gasteiger partial charge in [0.1, 0.15) is 6.61 Å². The van der Waals surface area contributed by atoms with Gasteiger partial charge in [0.25, 0.3) is 0 Å². The van der Waals surface area contributed by atoms with Gasteiger partial charge in [0.05, 0.1) is 23.5 Å². The van der Waals surface area contributed by atoms with E-state index in [1.807, 2.05) is 30.3 Å². The second kappa shape index (κ2) is 13.3. The smallest absolute Gasteiger partial charge is 0.250 e. The van der Waals surface area contributed by atoms with Crippen molar-refractivity contribution in [3.63, 3.8) is 0 Å². The van der Waals surface area contributed by atoms with Gasteiger partial charge in [-0.2, -0.15) is 5.10 Å². The third-order valence-corrected chi connectivity index (χ3v) is 7.00. The SMILES string of the molecule is COc1cc(/C=N\NC(=O)CSCc2c(Cl)cccc2Cl)cc(Br)c1OCc1ccc(Cl)cc1. The molecule has 34 heavy (non-hydrogen) atoms. The molecule has 178 valence electrons. The Balaban J connectivity index is 1.54. The van der Waals surface area contributed by atoms with E-state index in [1.54, 1.807) is 31.4 Å². The fourth-order valence-corrected chi connectivity index (χ4v) is 5.07. The second-order valence-electron chi connectivity index (χ2n) is 6.94. The zero-order valence-corrected chi connectivity index (χ0v) is 22.7. The Morgan fingerprint density at radius 1 is 1.12 bits per heavy atom. The van der Waals surface area contributed by atoms with Crippen molar-refractivity contribution in [1.29, 1.82) is 0 Å². The Labute approximate surface area is 225 Å². The molecule has 0 radical (unpaired) electrons. The largest absolute Gasteiger partial charge is 0.493 e. The molecule has 3 rings (SSSR count). The molecule has 3 aromatic rings. The minimum Gasteiger partial charge on any atom is -0.493 e. The molecule has 0 aliphatic carbocycles. The molecule has 0 fully saturated rings. The molecule has 0 saturated carbocycles. The number of hydrogen-bond acceptors (Lipinski definition) is 5. The highest BCUT2D eigenvalue weighted by Gasteiger charge is 2.12. The Bertz CT molecular complexity index is 1160. The average molecular weight is 603 g/mol. The van der Waals surface area contributed by atoms with Crippen molar-refractivity contribution in [3.05, 3.63) is 90.8 Å². The van der Waals surface area contributed by atoms with Crippen LogP contribution in [0, 0.1) is 0 Å². The molecule has 3 aromatic carbocycles. The van der Waals surface area contributed by atoms with Crippen molar-refractivity contribution in [2.24, 2.45) is 5.10 Å². The molecule has 0 saturated heterocycles. The van der Waals surface area contributed by atoms with E-state index in [9.17, 15) is 4.79 Å². The van der Waals surface area contributed by atoms with E-state index in [2.05, 4.69) is 26.5 Å². The number of benzene rings is 3. The van der Waals surface area contributed by atoms with Crippen LogP contribution in [0.2, 0.25) is 15.1 Å². The summed E-state index contributed by atoms with van der Waals surface area (Å²) in [6.45, 7) is 0.354. The maximum atomic E-state index is 12.1. The van der Waals surface area contributed by atoms with Gasteiger partial charge >= 0.3 is 0 Å². The van der Waals surface area contributed by atoms with Gasteiger partial charge in [0, 0.05) is 20.8 Å². The Morgan fingerprint density at radius 2 is 1.82 bits per heavy atom. The lowest BCUT2D eigenvalue weighted by Crippen LogP contribution is -2.19. The molecule has 10 heteroatoms. The number of hydrogen-bond donors (Lipinski definition) is 1. The number of ether oxygens (including phenoxy) is 2. The van der Waals surface area contributed by atoms with E-state index in [4.69, 9.17) is 44.3 Å². The van der Waals surface area contributed by atoms with Crippen molar-refractivity contribution in [2.45, 2.75) is 12.4 Å². The van der Waals surface area contributed by atoms with Gasteiger partial charge in [-0.15, -0.1) is 11.8 Å². The summed E-state index contributed by atoms with van der Waals surface area (Å²) in [4.78, 5) is 12.1. The number of methoxy groups -OCH3 is 1. The predicted molar refractivity (Wildman–Crippen MR) is 145 cm³/mol. The normalized spacial score (nSPS) is 11.0. The number of halogens is 4. The maximum Gasteiger partial charge on any atom is 0.250 e. The van der Waals surface area contributed by atoms with Gasteiger partial charge in [0.2, 0.25) is 5.91 Å². The molecule has 0 heterocycles. The summed E-state index contributed by atoms with van der Waals surface area (Å²) >= 11 is 23.1. The minimum atomic E-state index is -0.238. The number of carbonyl (C=O) groups is 1. The lowest BCUT2D eigenvalue weighted by atomic mass is 10.2. The van der Waals surface area contributed by atoms with Gasteiger partial charge in [-0.3, -0.25) is 4.79 Å². The highest BCUT2D eigenvalue weighted by atomic mass is 79.9. The predicted octanol–water partition coefficient (Wildman–Crippen LogP) is 7.38. The van der Waals surface area contributed by atoms with Crippen molar-refractivity contribution in [3.8, 4) is 11.5 Å². The van der Waals surface area contributed by atoms with Crippen molar-refractivity contribution < 1.29 is 14.3 Å². The summed E-state index contributed by atoms with van der Waals surface area (Å²) in [6.07, 6.45) is 1.53. The minimum absolute atomic E-state index is 0.212. The van der Waals surface area contributed by atoms with Crippen LogP contribution in [0.25, 0.3) is 0 Å². The summed E-state index contributed by atoms with van der Waals surface area (Å²) in [5, 5.41) is 5.86. The van der Waals surface area contributed by atoms with Crippen LogP contribution >= 0.6 is 62.5 Å². The number of nitrogens with one attached hydrogen (secondary N) is 1. The van der Waals surface area contributed by atoms with Crippen LogP contribution in [-0.2, 0) is 17.2 Å². The van der Waals surface area contributed by atoms with E-state index in [0.29, 0.717) is 43.4 Å². The monoisotopic (exact) mass is 600 g/mol. The lowest BCUT2D eigenvalue weighted by molar-refractivity contribution is -0.118. The molecule has 1 N–H and O–H groups in total. The third-order valence-electron chi connectivity index (χ3n) is 4.49. The van der Waals surface area contributed by atoms with Gasteiger partial charge in [-0.05, 0) is 69.0 Å². The molecule has 0 atom stereocenters. The van der Waals surface area contributed by atoms with Gasteiger partial charge in [0.15, 0.2) is 11.5 Å². The summed E-state index contributed by atoms with van der Waals surface area (Å²) in [6, 6.07) is 16.3. The van der Waals surface area contributed by atoms with Crippen LogP contribution in [0.1, 0.15) is 16.7 Å². The number of carbonyl (C=O) groups excluding carboxylic acids is 1. The molecule has 1 amide bonds. The Morgan fingerprint density at radius 3 is 2.50 bits per heavy atom. The Hall–Kier alpha value is -1.90. The van der Waals surface area contributed by atoms with E-state index in [0.717, 1.165) is 16.7 Å². The van der Waals surface area contributed by atoms with Crippen LogP contribution in [0.5, 0.6) is 11.5 Å². The van der Waals surface area contributed by atoms with E-state index >= 15 is 0 Å². The summed E-state index contributed by atoms with van der Waals surface area (Å²) in [5.41, 5.74) is 5.02. The van der Waals surface area contributed by atoms with Crippen LogP contribution in [0.15, 0.2) is 64.2 Å².